The second kappa shape index (κ2) is 9.58. The number of thiophene rings is 1. The van der Waals surface area contributed by atoms with Crippen molar-refractivity contribution in [1.82, 2.24) is 4.98 Å². The maximum absolute atomic E-state index is 13.2. The number of halogens is 2. The number of anilines is 2. The second-order valence-electron chi connectivity index (χ2n) is 7.76. The van der Waals surface area contributed by atoms with Crippen LogP contribution in [0.25, 0.3) is 32.6 Å². The van der Waals surface area contributed by atoms with Crippen molar-refractivity contribution in [2.45, 2.75) is 0 Å². The number of amides is 1. The highest BCUT2D eigenvalue weighted by Gasteiger charge is 2.22. The summed E-state index contributed by atoms with van der Waals surface area (Å²) in [5.41, 5.74) is 11.1. The van der Waals surface area contributed by atoms with Gasteiger partial charge in [-0.25, -0.2) is 4.98 Å². The fourth-order valence-electron chi connectivity index (χ4n) is 3.81. The summed E-state index contributed by atoms with van der Waals surface area (Å²) in [6.07, 6.45) is 0. The molecule has 0 aliphatic carbocycles. The first kappa shape index (κ1) is 23.2. The maximum Gasteiger partial charge on any atom is 0.267 e. The van der Waals surface area contributed by atoms with Crippen LogP contribution in [0.2, 0.25) is 10.0 Å². The molecule has 3 N–H and O–H groups in total. The summed E-state index contributed by atoms with van der Waals surface area (Å²) in [6, 6.07) is 24.5. The van der Waals surface area contributed by atoms with Crippen LogP contribution in [0.5, 0.6) is 5.75 Å². The lowest BCUT2D eigenvalue weighted by atomic mass is 9.99. The van der Waals surface area contributed by atoms with Gasteiger partial charge in [-0.3, -0.25) is 4.79 Å². The van der Waals surface area contributed by atoms with Gasteiger partial charge < -0.3 is 15.8 Å². The molecule has 0 saturated heterocycles. The van der Waals surface area contributed by atoms with Crippen molar-refractivity contribution in [3.8, 4) is 28.1 Å². The molecule has 0 spiro atoms. The Hall–Kier alpha value is -3.58. The lowest BCUT2D eigenvalue weighted by molar-refractivity contribution is 0.103. The molecule has 0 bridgehead atoms. The number of ether oxygens (including phenoxy) is 1. The molecule has 2 heterocycles. The summed E-state index contributed by atoms with van der Waals surface area (Å²) < 4.78 is 5.28. The highest BCUT2D eigenvalue weighted by molar-refractivity contribution is 7.21. The van der Waals surface area contributed by atoms with Crippen LogP contribution in [0, 0.1) is 0 Å². The number of nitrogen functional groups attached to an aromatic ring is 1. The first-order valence-corrected chi connectivity index (χ1v) is 12.2. The Bertz CT molecular complexity index is 1550. The van der Waals surface area contributed by atoms with E-state index in [2.05, 4.69) is 5.32 Å². The number of hydrogen-bond donors (Lipinski definition) is 2. The number of benzene rings is 3. The zero-order valence-electron chi connectivity index (χ0n) is 18.5. The van der Waals surface area contributed by atoms with Crippen molar-refractivity contribution in [3.05, 3.63) is 93.8 Å². The van der Waals surface area contributed by atoms with Gasteiger partial charge in [0.2, 0.25) is 0 Å². The Labute approximate surface area is 216 Å². The molecule has 0 unspecified atom stereocenters. The molecule has 5 aromatic rings. The van der Waals surface area contributed by atoms with E-state index in [9.17, 15) is 4.79 Å². The third kappa shape index (κ3) is 4.56. The van der Waals surface area contributed by atoms with Crippen LogP contribution < -0.4 is 15.8 Å². The van der Waals surface area contributed by atoms with Gasteiger partial charge in [0.25, 0.3) is 5.91 Å². The summed E-state index contributed by atoms with van der Waals surface area (Å²) in [7, 11) is 1.63. The topological polar surface area (TPSA) is 77.2 Å². The molecule has 5 nitrogen and oxygen atoms in total. The standard InChI is InChI=1S/C27H19Cl2N3O2S/c1-34-18-10-7-16(8-11-18)22-14-19(15-5-3-2-4-6-15)23-24(30)25(35-27(23)32-22)26(33)31-17-9-12-20(28)21(29)13-17/h2-14H,30H2,1H3,(H,31,33). The Morgan fingerprint density at radius 3 is 2.37 bits per heavy atom. The smallest absolute Gasteiger partial charge is 0.267 e. The lowest BCUT2D eigenvalue weighted by Gasteiger charge is -2.09. The van der Waals surface area contributed by atoms with Gasteiger partial charge in [-0.1, -0.05) is 53.5 Å². The monoisotopic (exact) mass is 519 g/mol. The summed E-state index contributed by atoms with van der Waals surface area (Å²) >= 11 is 13.3. The van der Waals surface area contributed by atoms with Crippen molar-refractivity contribution in [2.24, 2.45) is 0 Å². The summed E-state index contributed by atoms with van der Waals surface area (Å²) in [5.74, 6) is 0.425. The van der Waals surface area contributed by atoms with E-state index in [1.165, 1.54) is 11.3 Å². The molecule has 35 heavy (non-hydrogen) atoms. The molecule has 8 heteroatoms. The van der Waals surface area contributed by atoms with Crippen LogP contribution in [-0.4, -0.2) is 18.0 Å². The van der Waals surface area contributed by atoms with Gasteiger partial charge in [0.15, 0.2) is 0 Å². The van der Waals surface area contributed by atoms with E-state index in [1.807, 2.05) is 60.7 Å². The van der Waals surface area contributed by atoms with Crippen molar-refractivity contribution in [2.75, 3.05) is 18.2 Å². The summed E-state index contributed by atoms with van der Waals surface area (Å²) in [5, 5.41) is 4.36. The average molecular weight is 520 g/mol. The van der Waals surface area contributed by atoms with Crippen LogP contribution in [0.3, 0.4) is 0 Å². The minimum Gasteiger partial charge on any atom is -0.497 e. The van der Waals surface area contributed by atoms with E-state index in [0.29, 0.717) is 31.1 Å². The van der Waals surface area contributed by atoms with Gasteiger partial charge in [0.1, 0.15) is 15.5 Å². The fourth-order valence-corrected chi connectivity index (χ4v) is 5.12. The van der Waals surface area contributed by atoms with E-state index < -0.39 is 0 Å². The second-order valence-corrected chi connectivity index (χ2v) is 9.57. The predicted molar refractivity (Wildman–Crippen MR) is 146 cm³/mol. The molecule has 0 aliphatic heterocycles. The van der Waals surface area contributed by atoms with Gasteiger partial charge in [-0.15, -0.1) is 11.3 Å². The normalized spacial score (nSPS) is 10.9. The van der Waals surface area contributed by atoms with Gasteiger partial charge in [0.05, 0.1) is 28.5 Å². The number of nitrogens with zero attached hydrogens (tertiary/aromatic N) is 1. The van der Waals surface area contributed by atoms with Crippen molar-refractivity contribution in [3.63, 3.8) is 0 Å². The Balaban J connectivity index is 1.63. The Morgan fingerprint density at radius 1 is 0.943 bits per heavy atom. The fraction of sp³-hybridized carbons (Fsp3) is 0.0370. The predicted octanol–water partition coefficient (Wildman–Crippen LogP) is 7.78. The molecule has 0 aliphatic rings. The molecule has 3 aromatic carbocycles. The third-order valence-corrected chi connectivity index (χ3v) is 7.39. The molecule has 1 amide bonds. The van der Waals surface area contributed by atoms with Gasteiger partial charge in [0, 0.05) is 16.6 Å². The zero-order valence-corrected chi connectivity index (χ0v) is 20.8. The van der Waals surface area contributed by atoms with Crippen molar-refractivity contribution < 1.29 is 9.53 Å². The number of carbonyl (C=O) groups is 1. The van der Waals surface area contributed by atoms with E-state index in [-0.39, 0.29) is 5.91 Å². The van der Waals surface area contributed by atoms with Gasteiger partial charge in [-0.2, -0.15) is 0 Å². The van der Waals surface area contributed by atoms with E-state index >= 15 is 0 Å². The number of pyridine rings is 1. The minimum atomic E-state index is -0.339. The number of methoxy groups -OCH3 is 1. The Kier molecular flexibility index (Phi) is 6.34. The van der Waals surface area contributed by atoms with Crippen LogP contribution in [0.1, 0.15) is 9.67 Å². The molecule has 0 atom stereocenters. The molecule has 0 fully saturated rings. The highest BCUT2D eigenvalue weighted by Crippen LogP contribution is 2.41. The first-order chi connectivity index (χ1) is 16.9. The maximum atomic E-state index is 13.2. The van der Waals surface area contributed by atoms with Crippen LogP contribution in [0.4, 0.5) is 11.4 Å². The number of aromatic nitrogens is 1. The molecular weight excluding hydrogens is 501 g/mol. The number of rotatable bonds is 5. The third-order valence-electron chi connectivity index (χ3n) is 5.55. The molecule has 0 saturated carbocycles. The van der Waals surface area contributed by atoms with E-state index in [4.69, 9.17) is 38.7 Å². The zero-order chi connectivity index (χ0) is 24.5. The molecule has 5 rings (SSSR count). The molecular formula is C27H19Cl2N3O2S. The van der Waals surface area contributed by atoms with Crippen LogP contribution in [0.15, 0.2) is 78.9 Å². The largest absolute Gasteiger partial charge is 0.497 e. The lowest BCUT2D eigenvalue weighted by Crippen LogP contribution is -2.11. The van der Waals surface area contributed by atoms with E-state index in [1.54, 1.807) is 25.3 Å². The van der Waals surface area contributed by atoms with Crippen molar-refractivity contribution in [1.29, 1.82) is 0 Å². The Morgan fingerprint density at radius 2 is 1.69 bits per heavy atom. The SMILES string of the molecule is COc1ccc(-c2cc(-c3ccccc3)c3c(N)c(C(=O)Nc4ccc(Cl)c(Cl)c4)sc3n2)cc1. The number of carbonyl (C=O) groups excluding carboxylic acids is 1. The number of hydrogen-bond acceptors (Lipinski definition) is 5. The van der Waals surface area contributed by atoms with Crippen LogP contribution >= 0.6 is 34.5 Å². The minimum absolute atomic E-state index is 0.339. The van der Waals surface area contributed by atoms with Crippen LogP contribution in [-0.2, 0) is 0 Å². The number of fused-ring (bicyclic) bond motifs is 1. The number of nitrogens with one attached hydrogen (secondary N) is 1. The molecule has 174 valence electrons. The molecule has 0 radical (unpaired) electrons. The van der Waals surface area contributed by atoms with Gasteiger partial charge in [-0.05, 0) is 59.7 Å². The molecule has 2 aromatic heterocycles. The first-order valence-electron chi connectivity index (χ1n) is 10.6. The highest BCUT2D eigenvalue weighted by atomic mass is 35.5. The summed E-state index contributed by atoms with van der Waals surface area (Å²) in [6.45, 7) is 0. The average Bonchev–Trinajstić information content (AvgIpc) is 3.22. The number of nitrogens with two attached hydrogens (primary N) is 1. The summed E-state index contributed by atoms with van der Waals surface area (Å²) in [4.78, 5) is 19.1. The van der Waals surface area contributed by atoms with Crippen molar-refractivity contribution >= 4 is 62.0 Å². The van der Waals surface area contributed by atoms with E-state index in [0.717, 1.165) is 33.5 Å². The quantitative estimate of drug-likeness (QED) is 0.248. The van der Waals surface area contributed by atoms with Gasteiger partial charge >= 0.3 is 0 Å².